The monoisotopic (exact) mass is 260 g/mol. The smallest absolute Gasteiger partial charge is 0.171 e. The molecule has 1 N–H and O–H groups in total. The number of carbonyl (C=O) groups excluding carboxylic acids is 1. The Kier molecular flexibility index (Phi) is 3.68. The Bertz CT molecular complexity index is 574. The molecule has 0 aromatic heterocycles. The molecular formula is C15H13ClO2. The van der Waals surface area contributed by atoms with Crippen LogP contribution in [0.1, 0.15) is 21.5 Å². The molecule has 92 valence electrons. The SMILES string of the molecule is Cc1ccc(CC(=O)c2cc(Cl)ccc2O)cc1. The molecule has 0 unspecified atom stereocenters. The maximum absolute atomic E-state index is 12.1. The van der Waals surface area contributed by atoms with Gasteiger partial charge >= 0.3 is 0 Å². The van der Waals surface area contributed by atoms with Crippen molar-refractivity contribution >= 4 is 17.4 Å². The van der Waals surface area contributed by atoms with E-state index in [0.29, 0.717) is 5.02 Å². The van der Waals surface area contributed by atoms with Gasteiger partial charge in [-0.25, -0.2) is 0 Å². The van der Waals surface area contributed by atoms with E-state index in [0.717, 1.165) is 11.1 Å². The van der Waals surface area contributed by atoms with E-state index in [1.54, 1.807) is 6.07 Å². The topological polar surface area (TPSA) is 37.3 Å². The maximum atomic E-state index is 12.1. The van der Waals surface area contributed by atoms with Crippen molar-refractivity contribution in [3.8, 4) is 5.75 Å². The minimum Gasteiger partial charge on any atom is -0.507 e. The van der Waals surface area contributed by atoms with Crippen molar-refractivity contribution in [3.05, 3.63) is 64.2 Å². The van der Waals surface area contributed by atoms with Gasteiger partial charge in [-0.1, -0.05) is 41.4 Å². The summed E-state index contributed by atoms with van der Waals surface area (Å²) in [6, 6.07) is 12.2. The van der Waals surface area contributed by atoms with Crippen molar-refractivity contribution in [3.63, 3.8) is 0 Å². The third-order valence-electron chi connectivity index (χ3n) is 2.74. The van der Waals surface area contributed by atoms with Crippen LogP contribution in [-0.4, -0.2) is 10.9 Å². The molecule has 0 bridgehead atoms. The molecule has 2 aromatic rings. The molecule has 0 heterocycles. The molecule has 0 amide bonds. The van der Waals surface area contributed by atoms with E-state index < -0.39 is 0 Å². The van der Waals surface area contributed by atoms with Crippen LogP contribution >= 0.6 is 11.6 Å². The second kappa shape index (κ2) is 5.23. The summed E-state index contributed by atoms with van der Waals surface area (Å²) in [5, 5.41) is 10.1. The number of ketones is 1. The predicted octanol–water partition coefficient (Wildman–Crippen LogP) is 3.78. The second-order valence-corrected chi connectivity index (χ2v) is 4.68. The Morgan fingerprint density at radius 3 is 2.50 bits per heavy atom. The Morgan fingerprint density at radius 1 is 1.17 bits per heavy atom. The van der Waals surface area contributed by atoms with Gasteiger partial charge in [0.25, 0.3) is 0 Å². The lowest BCUT2D eigenvalue weighted by atomic mass is 10.0. The van der Waals surface area contributed by atoms with E-state index in [4.69, 9.17) is 11.6 Å². The number of halogens is 1. The first-order chi connectivity index (χ1) is 8.56. The maximum Gasteiger partial charge on any atom is 0.171 e. The number of hydrogen-bond donors (Lipinski definition) is 1. The standard InChI is InChI=1S/C15H13ClO2/c1-10-2-4-11(5-3-10)8-15(18)13-9-12(16)6-7-14(13)17/h2-7,9,17H,8H2,1H3. The van der Waals surface area contributed by atoms with E-state index in [-0.39, 0.29) is 23.5 Å². The molecule has 0 spiro atoms. The largest absolute Gasteiger partial charge is 0.507 e. The van der Waals surface area contributed by atoms with E-state index in [1.165, 1.54) is 12.1 Å². The fourth-order valence-corrected chi connectivity index (χ4v) is 1.89. The lowest BCUT2D eigenvalue weighted by Gasteiger charge is -2.05. The first-order valence-corrected chi connectivity index (χ1v) is 6.01. The molecule has 2 rings (SSSR count). The predicted molar refractivity (Wildman–Crippen MR) is 72.3 cm³/mol. The molecule has 18 heavy (non-hydrogen) atoms. The molecule has 0 fully saturated rings. The molecule has 0 radical (unpaired) electrons. The average molecular weight is 261 g/mol. The molecule has 0 saturated carbocycles. The second-order valence-electron chi connectivity index (χ2n) is 4.25. The molecule has 0 saturated heterocycles. The molecule has 0 aliphatic carbocycles. The molecular weight excluding hydrogens is 248 g/mol. The fraction of sp³-hybridized carbons (Fsp3) is 0.133. The van der Waals surface area contributed by atoms with Crippen LogP contribution in [0, 0.1) is 6.92 Å². The third-order valence-corrected chi connectivity index (χ3v) is 2.98. The highest BCUT2D eigenvalue weighted by Gasteiger charge is 2.12. The van der Waals surface area contributed by atoms with Crippen LogP contribution in [0.25, 0.3) is 0 Å². The minimum atomic E-state index is -0.140. The molecule has 0 aliphatic heterocycles. The van der Waals surface area contributed by atoms with E-state index >= 15 is 0 Å². The molecule has 2 nitrogen and oxygen atoms in total. The zero-order valence-electron chi connectivity index (χ0n) is 9.98. The number of aryl methyl sites for hydroxylation is 1. The normalized spacial score (nSPS) is 10.3. The fourth-order valence-electron chi connectivity index (χ4n) is 1.72. The van der Waals surface area contributed by atoms with Crippen molar-refractivity contribution in [2.45, 2.75) is 13.3 Å². The summed E-state index contributed by atoms with van der Waals surface area (Å²) in [5.41, 5.74) is 2.34. The van der Waals surface area contributed by atoms with Crippen LogP contribution in [0.5, 0.6) is 5.75 Å². The Morgan fingerprint density at radius 2 is 1.83 bits per heavy atom. The van der Waals surface area contributed by atoms with Crippen LogP contribution in [0.2, 0.25) is 5.02 Å². The number of aromatic hydroxyl groups is 1. The highest BCUT2D eigenvalue weighted by atomic mass is 35.5. The molecule has 2 aromatic carbocycles. The Balaban J connectivity index is 2.21. The van der Waals surface area contributed by atoms with E-state index in [9.17, 15) is 9.90 Å². The highest BCUT2D eigenvalue weighted by molar-refractivity contribution is 6.31. The summed E-state index contributed by atoms with van der Waals surface area (Å²) in [7, 11) is 0. The molecule has 0 aliphatic rings. The van der Waals surface area contributed by atoms with Gasteiger partial charge in [0.1, 0.15) is 5.75 Å². The van der Waals surface area contributed by atoms with Gasteiger partial charge in [-0.05, 0) is 30.7 Å². The first kappa shape index (κ1) is 12.7. The van der Waals surface area contributed by atoms with Gasteiger partial charge in [-0.2, -0.15) is 0 Å². The van der Waals surface area contributed by atoms with Gasteiger partial charge in [0.05, 0.1) is 5.56 Å². The van der Waals surface area contributed by atoms with Crippen LogP contribution in [0.15, 0.2) is 42.5 Å². The lowest BCUT2D eigenvalue weighted by Crippen LogP contribution is -2.03. The van der Waals surface area contributed by atoms with Crippen molar-refractivity contribution in [2.24, 2.45) is 0 Å². The van der Waals surface area contributed by atoms with Gasteiger partial charge in [-0.15, -0.1) is 0 Å². The summed E-state index contributed by atoms with van der Waals surface area (Å²) in [6.45, 7) is 1.99. The Hall–Kier alpha value is -1.80. The number of phenolic OH excluding ortho intramolecular Hbond substituents is 1. The minimum absolute atomic E-state index is 0.0310. The van der Waals surface area contributed by atoms with Crippen molar-refractivity contribution in [1.29, 1.82) is 0 Å². The van der Waals surface area contributed by atoms with Gasteiger partial charge in [0.2, 0.25) is 0 Å². The van der Waals surface area contributed by atoms with Crippen LogP contribution < -0.4 is 0 Å². The van der Waals surface area contributed by atoms with Crippen molar-refractivity contribution in [1.82, 2.24) is 0 Å². The summed E-state index contributed by atoms with van der Waals surface area (Å²) in [5.74, 6) is -0.171. The lowest BCUT2D eigenvalue weighted by molar-refractivity contribution is 0.0990. The van der Waals surface area contributed by atoms with Crippen LogP contribution in [0.4, 0.5) is 0 Å². The zero-order chi connectivity index (χ0) is 13.1. The van der Waals surface area contributed by atoms with Crippen molar-refractivity contribution < 1.29 is 9.90 Å². The highest BCUT2D eigenvalue weighted by Crippen LogP contribution is 2.23. The van der Waals surface area contributed by atoms with Gasteiger partial charge in [0, 0.05) is 11.4 Å². The van der Waals surface area contributed by atoms with E-state index in [1.807, 2.05) is 31.2 Å². The quantitative estimate of drug-likeness (QED) is 0.853. The molecule has 0 atom stereocenters. The summed E-state index contributed by atoms with van der Waals surface area (Å²) < 4.78 is 0. The number of Topliss-reactive ketones (excluding diaryl/α,β-unsaturated/α-hetero) is 1. The van der Waals surface area contributed by atoms with Crippen LogP contribution in [0.3, 0.4) is 0 Å². The van der Waals surface area contributed by atoms with Gasteiger partial charge < -0.3 is 5.11 Å². The average Bonchev–Trinajstić information content (AvgIpc) is 2.35. The van der Waals surface area contributed by atoms with Crippen molar-refractivity contribution in [2.75, 3.05) is 0 Å². The van der Waals surface area contributed by atoms with Crippen LogP contribution in [-0.2, 0) is 6.42 Å². The summed E-state index contributed by atoms with van der Waals surface area (Å²) in [6.07, 6.45) is 0.258. The number of carbonyl (C=O) groups is 1. The zero-order valence-corrected chi connectivity index (χ0v) is 10.7. The summed E-state index contributed by atoms with van der Waals surface area (Å²) >= 11 is 5.82. The number of rotatable bonds is 3. The van der Waals surface area contributed by atoms with Gasteiger partial charge in [0.15, 0.2) is 5.78 Å². The Labute approximate surface area is 111 Å². The van der Waals surface area contributed by atoms with Gasteiger partial charge in [-0.3, -0.25) is 4.79 Å². The van der Waals surface area contributed by atoms with E-state index in [2.05, 4.69) is 0 Å². The molecule has 3 heteroatoms. The third kappa shape index (κ3) is 2.90. The number of benzene rings is 2. The summed E-state index contributed by atoms with van der Waals surface area (Å²) in [4.78, 5) is 12.1. The first-order valence-electron chi connectivity index (χ1n) is 5.63. The number of hydrogen-bond acceptors (Lipinski definition) is 2. The number of phenols is 1.